The highest BCUT2D eigenvalue weighted by Gasteiger charge is 2.29. The standard InChI is InChI=1S/C24H27NO/c1-15(2)7-6-11-24(5)12-10-19-22-20(14-17(4)23(19)26-24)18-9-8-16(3)13-21(18)25-22/h7-10,12-14,25H,6,11H2,1-5H3. The lowest BCUT2D eigenvalue weighted by atomic mass is 9.92. The number of aromatic nitrogens is 1. The summed E-state index contributed by atoms with van der Waals surface area (Å²) in [5.74, 6) is 1.02. The first kappa shape index (κ1) is 17.0. The summed E-state index contributed by atoms with van der Waals surface area (Å²) in [4.78, 5) is 3.62. The maximum absolute atomic E-state index is 6.52. The predicted octanol–water partition coefficient (Wildman–Crippen LogP) is 6.85. The van der Waals surface area contributed by atoms with Crippen molar-refractivity contribution in [2.24, 2.45) is 0 Å². The van der Waals surface area contributed by atoms with Crippen LogP contribution in [-0.4, -0.2) is 10.6 Å². The topological polar surface area (TPSA) is 25.0 Å². The van der Waals surface area contributed by atoms with Gasteiger partial charge in [-0.2, -0.15) is 0 Å². The molecule has 1 aromatic heterocycles. The van der Waals surface area contributed by atoms with Gasteiger partial charge >= 0.3 is 0 Å². The molecule has 1 atom stereocenters. The quantitative estimate of drug-likeness (QED) is 0.516. The normalized spacial score (nSPS) is 18.8. The minimum absolute atomic E-state index is 0.250. The highest BCUT2D eigenvalue weighted by molar-refractivity contribution is 6.11. The summed E-state index contributed by atoms with van der Waals surface area (Å²) in [5, 5.41) is 2.56. The summed E-state index contributed by atoms with van der Waals surface area (Å²) in [6.45, 7) is 10.8. The predicted molar refractivity (Wildman–Crippen MR) is 112 cm³/mol. The number of aromatic amines is 1. The molecule has 1 N–H and O–H groups in total. The number of ether oxygens (including phenoxy) is 1. The van der Waals surface area contributed by atoms with Crippen molar-refractivity contribution in [1.29, 1.82) is 0 Å². The van der Waals surface area contributed by atoms with Crippen molar-refractivity contribution in [3.63, 3.8) is 0 Å². The molecule has 1 unspecified atom stereocenters. The number of allylic oxidation sites excluding steroid dienone is 2. The molecule has 0 spiro atoms. The molecule has 0 bridgehead atoms. The molecule has 0 aliphatic carbocycles. The number of hydrogen-bond acceptors (Lipinski definition) is 1. The fraction of sp³-hybridized carbons (Fsp3) is 0.333. The number of H-pyrrole nitrogens is 1. The molecule has 0 amide bonds. The van der Waals surface area contributed by atoms with Gasteiger partial charge in [0.25, 0.3) is 0 Å². The van der Waals surface area contributed by atoms with E-state index in [-0.39, 0.29) is 5.60 Å². The Labute approximate surface area is 155 Å². The lowest BCUT2D eigenvalue weighted by molar-refractivity contribution is 0.128. The molecular weight excluding hydrogens is 318 g/mol. The van der Waals surface area contributed by atoms with Crippen LogP contribution >= 0.6 is 0 Å². The van der Waals surface area contributed by atoms with Gasteiger partial charge in [-0.05, 0) is 82.9 Å². The van der Waals surface area contributed by atoms with Crippen LogP contribution in [0.1, 0.15) is 50.3 Å². The molecule has 1 aliphatic heterocycles. The van der Waals surface area contributed by atoms with E-state index in [9.17, 15) is 0 Å². The van der Waals surface area contributed by atoms with Crippen molar-refractivity contribution in [2.75, 3.05) is 0 Å². The number of benzene rings is 2. The Morgan fingerprint density at radius 3 is 2.73 bits per heavy atom. The third-order valence-electron chi connectivity index (χ3n) is 5.36. The van der Waals surface area contributed by atoms with Crippen LogP contribution in [0.25, 0.3) is 27.9 Å². The van der Waals surface area contributed by atoms with Crippen molar-refractivity contribution in [2.45, 2.75) is 53.1 Å². The zero-order valence-electron chi connectivity index (χ0n) is 16.4. The first-order valence-corrected chi connectivity index (χ1v) is 9.43. The molecule has 0 saturated carbocycles. The molecule has 0 saturated heterocycles. The molecule has 2 heterocycles. The highest BCUT2D eigenvalue weighted by Crippen LogP contribution is 2.42. The maximum Gasteiger partial charge on any atom is 0.132 e. The van der Waals surface area contributed by atoms with E-state index in [1.54, 1.807) is 0 Å². The largest absolute Gasteiger partial charge is 0.482 e. The second-order valence-corrected chi connectivity index (χ2v) is 8.10. The summed E-state index contributed by atoms with van der Waals surface area (Å²) >= 11 is 0. The number of nitrogens with one attached hydrogen (secondary N) is 1. The van der Waals surface area contributed by atoms with Crippen LogP contribution in [0.2, 0.25) is 0 Å². The van der Waals surface area contributed by atoms with E-state index < -0.39 is 0 Å². The summed E-state index contributed by atoms with van der Waals surface area (Å²) in [6, 6.07) is 8.87. The van der Waals surface area contributed by atoms with E-state index in [0.717, 1.165) is 18.6 Å². The van der Waals surface area contributed by atoms with E-state index in [4.69, 9.17) is 4.74 Å². The van der Waals surface area contributed by atoms with Crippen LogP contribution in [0.15, 0.2) is 42.0 Å². The summed E-state index contributed by atoms with van der Waals surface area (Å²) in [6.07, 6.45) is 8.78. The lowest BCUT2D eigenvalue weighted by Gasteiger charge is -2.32. The van der Waals surface area contributed by atoms with Gasteiger partial charge in [-0.25, -0.2) is 0 Å². The molecule has 2 nitrogen and oxygen atoms in total. The van der Waals surface area contributed by atoms with Crippen LogP contribution in [0.5, 0.6) is 5.75 Å². The number of fused-ring (bicyclic) bond motifs is 5. The smallest absolute Gasteiger partial charge is 0.132 e. The van der Waals surface area contributed by atoms with Crippen LogP contribution in [0.3, 0.4) is 0 Å². The molecule has 26 heavy (non-hydrogen) atoms. The fourth-order valence-electron chi connectivity index (χ4n) is 3.91. The van der Waals surface area contributed by atoms with E-state index in [1.165, 1.54) is 44.1 Å². The molecule has 0 radical (unpaired) electrons. The Morgan fingerprint density at radius 2 is 1.96 bits per heavy atom. The van der Waals surface area contributed by atoms with E-state index >= 15 is 0 Å². The zero-order chi connectivity index (χ0) is 18.5. The van der Waals surface area contributed by atoms with E-state index in [0.29, 0.717) is 0 Å². The third-order valence-corrected chi connectivity index (χ3v) is 5.36. The van der Waals surface area contributed by atoms with Gasteiger partial charge in [-0.1, -0.05) is 23.8 Å². The van der Waals surface area contributed by atoms with E-state index in [1.807, 2.05) is 0 Å². The van der Waals surface area contributed by atoms with Crippen LogP contribution < -0.4 is 4.74 Å². The molecule has 2 heteroatoms. The third kappa shape index (κ3) is 2.84. The van der Waals surface area contributed by atoms with Crippen molar-refractivity contribution >= 4 is 27.9 Å². The molecule has 3 aromatic rings. The minimum atomic E-state index is -0.250. The van der Waals surface area contributed by atoms with Gasteiger partial charge in [0.05, 0.1) is 5.52 Å². The minimum Gasteiger partial charge on any atom is -0.482 e. The molecule has 1 aliphatic rings. The fourth-order valence-corrected chi connectivity index (χ4v) is 3.91. The average molecular weight is 345 g/mol. The van der Waals surface area contributed by atoms with Crippen LogP contribution in [0.4, 0.5) is 0 Å². The van der Waals surface area contributed by atoms with Crippen molar-refractivity contribution in [1.82, 2.24) is 4.98 Å². The monoisotopic (exact) mass is 345 g/mol. The summed E-state index contributed by atoms with van der Waals surface area (Å²) in [5.41, 5.74) is 7.13. The number of rotatable bonds is 3. The van der Waals surface area contributed by atoms with Gasteiger partial charge in [-0.3, -0.25) is 0 Å². The second kappa shape index (κ2) is 6.05. The Hall–Kier alpha value is -2.48. The number of aryl methyl sites for hydroxylation is 2. The summed E-state index contributed by atoms with van der Waals surface area (Å²) < 4.78 is 6.52. The van der Waals surface area contributed by atoms with Crippen LogP contribution in [-0.2, 0) is 0 Å². The maximum atomic E-state index is 6.52. The van der Waals surface area contributed by atoms with E-state index in [2.05, 4.69) is 82.1 Å². The summed E-state index contributed by atoms with van der Waals surface area (Å²) in [7, 11) is 0. The molecule has 2 aromatic carbocycles. The van der Waals surface area contributed by atoms with Crippen molar-refractivity contribution in [3.8, 4) is 5.75 Å². The Morgan fingerprint density at radius 1 is 1.15 bits per heavy atom. The van der Waals surface area contributed by atoms with Gasteiger partial charge in [0.1, 0.15) is 11.4 Å². The average Bonchev–Trinajstić information content (AvgIpc) is 2.92. The molecular formula is C24H27NO. The molecule has 134 valence electrons. The van der Waals surface area contributed by atoms with Gasteiger partial charge in [0, 0.05) is 21.9 Å². The highest BCUT2D eigenvalue weighted by atomic mass is 16.5. The van der Waals surface area contributed by atoms with Gasteiger partial charge < -0.3 is 9.72 Å². The first-order chi connectivity index (χ1) is 12.4. The van der Waals surface area contributed by atoms with Crippen molar-refractivity contribution < 1.29 is 4.74 Å². The first-order valence-electron chi connectivity index (χ1n) is 9.43. The van der Waals surface area contributed by atoms with Crippen LogP contribution in [0, 0.1) is 13.8 Å². The Bertz CT molecular complexity index is 1060. The Balaban J connectivity index is 1.80. The second-order valence-electron chi connectivity index (χ2n) is 8.10. The zero-order valence-corrected chi connectivity index (χ0v) is 16.4. The number of hydrogen-bond donors (Lipinski definition) is 1. The van der Waals surface area contributed by atoms with Gasteiger partial charge in [0.15, 0.2) is 0 Å². The molecule has 4 rings (SSSR count). The SMILES string of the molecule is CC(C)=CCCC1(C)C=Cc2c(c(C)cc3c2[nH]c2cc(C)ccc23)O1. The van der Waals surface area contributed by atoms with Gasteiger partial charge in [-0.15, -0.1) is 0 Å². The Kier molecular flexibility index (Phi) is 3.95. The lowest BCUT2D eigenvalue weighted by Crippen LogP contribution is -2.32. The molecule has 0 fully saturated rings. The van der Waals surface area contributed by atoms with Gasteiger partial charge in [0.2, 0.25) is 0 Å². The van der Waals surface area contributed by atoms with Crippen molar-refractivity contribution in [3.05, 3.63) is 58.7 Å².